The average molecular weight is 516 g/mol. The first kappa shape index (κ1) is 27.5. The van der Waals surface area contributed by atoms with Crippen molar-refractivity contribution in [3.8, 4) is 11.1 Å². The average Bonchev–Trinajstić information content (AvgIpc) is 2.95. The molecule has 0 fully saturated rings. The first-order valence-electron chi connectivity index (χ1n) is 13.3. The third-order valence-electron chi connectivity index (χ3n) is 6.72. The van der Waals surface area contributed by atoms with Crippen molar-refractivity contribution in [3.05, 3.63) is 95.6 Å². The van der Waals surface area contributed by atoms with Crippen LogP contribution in [0.25, 0.3) is 11.1 Å². The molecule has 2 amide bonds. The molecule has 0 radical (unpaired) electrons. The Morgan fingerprint density at radius 2 is 1.47 bits per heavy atom. The van der Waals surface area contributed by atoms with E-state index in [0.29, 0.717) is 58.9 Å². The summed E-state index contributed by atoms with van der Waals surface area (Å²) in [5.41, 5.74) is 11.0. The molecule has 7 nitrogen and oxygen atoms in total. The Hall–Kier alpha value is -3.52. The lowest BCUT2D eigenvalue weighted by atomic mass is 9.91. The van der Waals surface area contributed by atoms with E-state index >= 15 is 0 Å². The number of benzene rings is 3. The van der Waals surface area contributed by atoms with Gasteiger partial charge in [0.05, 0.1) is 32.8 Å². The summed E-state index contributed by atoms with van der Waals surface area (Å²) in [6.07, 6.45) is 1.22. The van der Waals surface area contributed by atoms with Crippen molar-refractivity contribution in [2.75, 3.05) is 39.5 Å². The lowest BCUT2D eigenvalue weighted by molar-refractivity contribution is -0.135. The maximum Gasteiger partial charge on any atom is 0.227 e. The molecule has 1 aliphatic rings. The molecule has 0 bridgehead atoms. The number of carbonyl (C=O) groups excluding carboxylic acids is 2. The van der Waals surface area contributed by atoms with E-state index in [-0.39, 0.29) is 24.3 Å². The SMILES string of the molecule is NCCOCCOCCNC(=O)CC1Cc2ccccc2CN1C(=O)Cc1ccc(-c2ccccc2)cc1. The highest BCUT2D eigenvalue weighted by Gasteiger charge is 2.31. The maximum atomic E-state index is 13.5. The van der Waals surface area contributed by atoms with Gasteiger partial charge < -0.3 is 25.4 Å². The number of nitrogens with two attached hydrogens (primary N) is 1. The van der Waals surface area contributed by atoms with Crippen LogP contribution in [-0.4, -0.2) is 62.3 Å². The van der Waals surface area contributed by atoms with E-state index in [2.05, 4.69) is 41.7 Å². The molecule has 3 aromatic carbocycles. The van der Waals surface area contributed by atoms with Crippen molar-refractivity contribution in [2.24, 2.45) is 5.73 Å². The van der Waals surface area contributed by atoms with Gasteiger partial charge in [0.15, 0.2) is 0 Å². The summed E-state index contributed by atoms with van der Waals surface area (Å²) in [5, 5.41) is 2.92. The molecule has 3 aromatic rings. The molecule has 1 unspecified atom stereocenters. The molecule has 200 valence electrons. The van der Waals surface area contributed by atoms with Crippen molar-refractivity contribution >= 4 is 11.8 Å². The minimum atomic E-state index is -0.188. The van der Waals surface area contributed by atoms with Crippen LogP contribution in [0, 0.1) is 0 Å². The van der Waals surface area contributed by atoms with E-state index in [4.69, 9.17) is 15.2 Å². The molecule has 0 saturated heterocycles. The summed E-state index contributed by atoms with van der Waals surface area (Å²) < 4.78 is 10.8. The number of hydrogen-bond donors (Lipinski definition) is 2. The number of amides is 2. The van der Waals surface area contributed by atoms with Gasteiger partial charge in [-0.25, -0.2) is 0 Å². The van der Waals surface area contributed by atoms with Crippen LogP contribution in [-0.2, 0) is 38.4 Å². The highest BCUT2D eigenvalue weighted by atomic mass is 16.5. The maximum absolute atomic E-state index is 13.5. The summed E-state index contributed by atoms with van der Waals surface area (Å²) >= 11 is 0. The first-order chi connectivity index (χ1) is 18.6. The number of ether oxygens (including phenoxy) is 2. The molecule has 38 heavy (non-hydrogen) atoms. The number of nitrogens with zero attached hydrogens (tertiary/aromatic N) is 1. The molecule has 3 N–H and O–H groups in total. The van der Waals surface area contributed by atoms with Gasteiger partial charge in [0, 0.05) is 32.1 Å². The molecular formula is C31H37N3O4. The number of nitrogens with one attached hydrogen (secondary N) is 1. The normalized spacial score (nSPS) is 14.7. The predicted octanol–water partition coefficient (Wildman–Crippen LogP) is 3.35. The Bertz CT molecular complexity index is 1170. The molecular weight excluding hydrogens is 478 g/mol. The highest BCUT2D eigenvalue weighted by Crippen LogP contribution is 2.26. The lowest BCUT2D eigenvalue weighted by Crippen LogP contribution is -2.47. The standard InChI is InChI=1S/C31H37N3O4/c32-14-16-37-18-19-38-17-15-33-30(35)22-29-21-27-8-4-5-9-28(27)23-34(29)31(36)20-24-10-12-26(13-11-24)25-6-2-1-3-7-25/h1-13,29H,14-23,32H2,(H,33,35). The van der Waals surface area contributed by atoms with Crippen LogP contribution in [0.15, 0.2) is 78.9 Å². The largest absolute Gasteiger partial charge is 0.378 e. The van der Waals surface area contributed by atoms with E-state index < -0.39 is 0 Å². The summed E-state index contributed by atoms with van der Waals surface area (Å²) in [6, 6.07) is 26.3. The van der Waals surface area contributed by atoms with Crippen LogP contribution in [0.5, 0.6) is 0 Å². The first-order valence-corrected chi connectivity index (χ1v) is 13.3. The Kier molecular flexibility index (Phi) is 10.4. The number of fused-ring (bicyclic) bond motifs is 1. The Morgan fingerprint density at radius 3 is 2.21 bits per heavy atom. The second-order valence-electron chi connectivity index (χ2n) is 9.46. The number of carbonyl (C=O) groups is 2. The minimum Gasteiger partial charge on any atom is -0.378 e. The van der Waals surface area contributed by atoms with Crippen LogP contribution in [0.4, 0.5) is 0 Å². The smallest absolute Gasteiger partial charge is 0.227 e. The topological polar surface area (TPSA) is 93.9 Å². The zero-order chi connectivity index (χ0) is 26.6. The lowest BCUT2D eigenvalue weighted by Gasteiger charge is -2.37. The van der Waals surface area contributed by atoms with Crippen molar-refractivity contribution in [1.29, 1.82) is 0 Å². The van der Waals surface area contributed by atoms with Gasteiger partial charge >= 0.3 is 0 Å². The summed E-state index contributed by atoms with van der Waals surface area (Å²) in [5.74, 6) is -0.0482. The zero-order valence-electron chi connectivity index (χ0n) is 21.8. The number of rotatable bonds is 13. The van der Waals surface area contributed by atoms with Gasteiger partial charge in [0.25, 0.3) is 0 Å². The van der Waals surface area contributed by atoms with E-state index in [9.17, 15) is 9.59 Å². The van der Waals surface area contributed by atoms with Crippen molar-refractivity contribution < 1.29 is 19.1 Å². The second-order valence-corrected chi connectivity index (χ2v) is 9.46. The molecule has 0 spiro atoms. The van der Waals surface area contributed by atoms with Crippen molar-refractivity contribution in [2.45, 2.75) is 31.8 Å². The van der Waals surface area contributed by atoms with E-state index in [1.165, 1.54) is 5.56 Å². The zero-order valence-corrected chi connectivity index (χ0v) is 21.8. The highest BCUT2D eigenvalue weighted by molar-refractivity contribution is 5.82. The van der Waals surface area contributed by atoms with Crippen LogP contribution in [0.1, 0.15) is 23.1 Å². The molecule has 1 atom stereocenters. The van der Waals surface area contributed by atoms with Gasteiger partial charge in [0.2, 0.25) is 11.8 Å². The fourth-order valence-corrected chi connectivity index (χ4v) is 4.74. The summed E-state index contributed by atoms with van der Waals surface area (Å²) in [6.45, 7) is 3.29. The monoisotopic (exact) mass is 515 g/mol. The quantitative estimate of drug-likeness (QED) is 0.341. The molecule has 0 aliphatic carbocycles. The molecule has 1 aliphatic heterocycles. The van der Waals surface area contributed by atoms with E-state index in [1.807, 2.05) is 47.4 Å². The van der Waals surface area contributed by atoms with Gasteiger partial charge in [0.1, 0.15) is 0 Å². The van der Waals surface area contributed by atoms with Crippen LogP contribution < -0.4 is 11.1 Å². The Morgan fingerprint density at radius 1 is 0.816 bits per heavy atom. The summed E-state index contributed by atoms with van der Waals surface area (Å²) in [4.78, 5) is 28.1. The molecule has 1 heterocycles. The van der Waals surface area contributed by atoms with Crippen LogP contribution >= 0.6 is 0 Å². The minimum absolute atomic E-state index is 0.0329. The predicted molar refractivity (Wildman–Crippen MR) is 148 cm³/mol. The van der Waals surface area contributed by atoms with E-state index in [0.717, 1.165) is 22.3 Å². The van der Waals surface area contributed by atoms with E-state index in [1.54, 1.807) is 0 Å². The molecule has 0 aromatic heterocycles. The van der Waals surface area contributed by atoms with Crippen LogP contribution in [0.3, 0.4) is 0 Å². The number of hydrogen-bond acceptors (Lipinski definition) is 5. The van der Waals surface area contributed by atoms with Crippen molar-refractivity contribution in [1.82, 2.24) is 10.2 Å². The van der Waals surface area contributed by atoms with Crippen LogP contribution in [0.2, 0.25) is 0 Å². The molecule has 4 rings (SSSR count). The Balaban J connectivity index is 1.33. The fraction of sp³-hybridized carbons (Fsp3) is 0.355. The molecule has 7 heteroatoms. The third-order valence-corrected chi connectivity index (χ3v) is 6.72. The van der Waals surface area contributed by atoms with Gasteiger partial charge in [-0.2, -0.15) is 0 Å². The summed E-state index contributed by atoms with van der Waals surface area (Å²) in [7, 11) is 0. The van der Waals surface area contributed by atoms with Gasteiger partial charge in [-0.3, -0.25) is 9.59 Å². The van der Waals surface area contributed by atoms with Gasteiger partial charge in [-0.1, -0.05) is 78.9 Å². The fourth-order valence-electron chi connectivity index (χ4n) is 4.74. The van der Waals surface area contributed by atoms with Gasteiger partial charge in [-0.05, 0) is 34.2 Å². The van der Waals surface area contributed by atoms with Crippen molar-refractivity contribution in [3.63, 3.8) is 0 Å². The third kappa shape index (κ3) is 7.99. The Labute approximate surface area is 224 Å². The van der Waals surface area contributed by atoms with Gasteiger partial charge in [-0.15, -0.1) is 0 Å². The second kappa shape index (κ2) is 14.4. The molecule has 0 saturated carbocycles.